The van der Waals surface area contributed by atoms with E-state index in [0.29, 0.717) is 11.8 Å². The SMILES string of the molecule is CCCCCn1c(CCl)nc2ccc(OC)nc21. The molecule has 2 rings (SSSR count). The number of methoxy groups -OCH3 is 1. The average Bonchev–Trinajstić information content (AvgIpc) is 2.76. The van der Waals surface area contributed by atoms with Crippen LogP contribution in [0.15, 0.2) is 12.1 Å². The lowest BCUT2D eigenvalue weighted by Crippen LogP contribution is -2.03. The minimum Gasteiger partial charge on any atom is -0.481 e. The summed E-state index contributed by atoms with van der Waals surface area (Å²) < 4.78 is 7.26. The molecule has 0 aliphatic rings. The van der Waals surface area contributed by atoms with Crippen LogP contribution < -0.4 is 4.74 Å². The van der Waals surface area contributed by atoms with Crippen molar-refractivity contribution < 1.29 is 4.74 Å². The molecule has 0 amide bonds. The Kier molecular flexibility index (Phi) is 4.42. The second-order valence-electron chi connectivity index (χ2n) is 4.22. The Morgan fingerprint density at radius 1 is 1.28 bits per heavy atom. The molecule has 2 heterocycles. The topological polar surface area (TPSA) is 39.9 Å². The Bertz CT molecular complexity index is 524. The molecule has 0 radical (unpaired) electrons. The summed E-state index contributed by atoms with van der Waals surface area (Å²) in [5.74, 6) is 1.90. The van der Waals surface area contributed by atoms with Gasteiger partial charge in [-0.1, -0.05) is 19.8 Å². The minimum absolute atomic E-state index is 0.408. The molecular weight excluding hydrogens is 250 g/mol. The number of pyridine rings is 1. The first-order valence-electron chi connectivity index (χ1n) is 6.26. The number of alkyl halides is 1. The molecule has 0 aromatic carbocycles. The molecule has 0 aliphatic carbocycles. The van der Waals surface area contributed by atoms with E-state index < -0.39 is 0 Å². The maximum Gasteiger partial charge on any atom is 0.215 e. The first-order chi connectivity index (χ1) is 8.80. The zero-order valence-electron chi connectivity index (χ0n) is 10.8. The van der Waals surface area contributed by atoms with E-state index >= 15 is 0 Å². The molecule has 0 aliphatic heterocycles. The predicted molar refractivity (Wildman–Crippen MR) is 73.2 cm³/mol. The largest absolute Gasteiger partial charge is 0.481 e. The fraction of sp³-hybridized carbons (Fsp3) is 0.538. The summed E-state index contributed by atoms with van der Waals surface area (Å²) in [6.07, 6.45) is 3.51. The minimum atomic E-state index is 0.408. The third-order valence-electron chi connectivity index (χ3n) is 2.96. The molecule has 0 saturated carbocycles. The van der Waals surface area contributed by atoms with Crippen molar-refractivity contribution in [3.05, 3.63) is 18.0 Å². The number of hydrogen-bond acceptors (Lipinski definition) is 3. The number of aromatic nitrogens is 3. The Morgan fingerprint density at radius 3 is 2.78 bits per heavy atom. The number of unbranched alkanes of at least 4 members (excludes halogenated alkanes) is 2. The normalized spacial score (nSPS) is 11.1. The van der Waals surface area contributed by atoms with Crippen molar-refractivity contribution >= 4 is 22.8 Å². The highest BCUT2D eigenvalue weighted by molar-refractivity contribution is 6.16. The Labute approximate surface area is 112 Å². The fourth-order valence-corrected chi connectivity index (χ4v) is 2.21. The van der Waals surface area contributed by atoms with Gasteiger partial charge in [-0.2, -0.15) is 4.98 Å². The van der Waals surface area contributed by atoms with Gasteiger partial charge in [0.25, 0.3) is 0 Å². The predicted octanol–water partition coefficient (Wildman–Crippen LogP) is 3.37. The Hall–Kier alpha value is -1.29. The van der Waals surface area contributed by atoms with Crippen LogP contribution in [0.1, 0.15) is 32.0 Å². The van der Waals surface area contributed by atoms with Gasteiger partial charge in [0.15, 0.2) is 5.65 Å². The van der Waals surface area contributed by atoms with Crippen molar-refractivity contribution in [3.63, 3.8) is 0 Å². The molecule has 5 heteroatoms. The van der Waals surface area contributed by atoms with E-state index in [4.69, 9.17) is 16.3 Å². The Morgan fingerprint density at radius 2 is 2.11 bits per heavy atom. The fourth-order valence-electron chi connectivity index (χ4n) is 2.00. The van der Waals surface area contributed by atoms with Gasteiger partial charge in [0.1, 0.15) is 11.3 Å². The molecule has 18 heavy (non-hydrogen) atoms. The lowest BCUT2D eigenvalue weighted by atomic mass is 10.2. The maximum absolute atomic E-state index is 5.95. The first kappa shape index (κ1) is 13.1. The van der Waals surface area contributed by atoms with Crippen LogP contribution in [0, 0.1) is 0 Å². The first-order valence-corrected chi connectivity index (χ1v) is 6.79. The highest BCUT2D eigenvalue weighted by Crippen LogP contribution is 2.20. The van der Waals surface area contributed by atoms with E-state index in [0.717, 1.165) is 30.0 Å². The molecular formula is C13H18ClN3O. The third kappa shape index (κ3) is 2.58. The summed E-state index contributed by atoms with van der Waals surface area (Å²) in [7, 11) is 1.62. The standard InChI is InChI=1S/C13H18ClN3O/c1-3-4-5-8-17-11(9-14)15-10-6-7-12(18-2)16-13(10)17/h6-7H,3-5,8-9H2,1-2H3. The summed E-state index contributed by atoms with van der Waals surface area (Å²) in [5.41, 5.74) is 1.74. The molecule has 2 aromatic rings. The molecule has 0 fully saturated rings. The van der Waals surface area contributed by atoms with Crippen LogP contribution in [-0.2, 0) is 12.4 Å². The summed E-state index contributed by atoms with van der Waals surface area (Å²) >= 11 is 5.95. The van der Waals surface area contributed by atoms with Gasteiger partial charge in [-0.25, -0.2) is 4.98 Å². The van der Waals surface area contributed by atoms with Gasteiger partial charge in [-0.05, 0) is 12.5 Å². The lowest BCUT2D eigenvalue weighted by Gasteiger charge is -2.06. The zero-order valence-corrected chi connectivity index (χ0v) is 11.6. The summed E-state index contributed by atoms with van der Waals surface area (Å²) in [5, 5.41) is 0. The third-order valence-corrected chi connectivity index (χ3v) is 3.20. The maximum atomic E-state index is 5.95. The van der Waals surface area contributed by atoms with Crippen molar-refractivity contribution in [3.8, 4) is 5.88 Å². The molecule has 0 atom stereocenters. The molecule has 0 saturated heterocycles. The summed E-state index contributed by atoms with van der Waals surface area (Å²) in [4.78, 5) is 8.96. The van der Waals surface area contributed by atoms with Crippen LogP contribution in [0.3, 0.4) is 0 Å². The number of nitrogens with zero attached hydrogens (tertiary/aromatic N) is 3. The lowest BCUT2D eigenvalue weighted by molar-refractivity contribution is 0.398. The van der Waals surface area contributed by atoms with Crippen molar-refractivity contribution in [2.24, 2.45) is 0 Å². The Balaban J connectivity index is 2.38. The number of imidazole rings is 1. The monoisotopic (exact) mass is 267 g/mol. The number of halogens is 1. The smallest absolute Gasteiger partial charge is 0.215 e. The second kappa shape index (κ2) is 6.05. The highest BCUT2D eigenvalue weighted by Gasteiger charge is 2.11. The van der Waals surface area contributed by atoms with Gasteiger partial charge < -0.3 is 9.30 Å². The molecule has 2 aromatic heterocycles. The molecule has 0 bridgehead atoms. The van der Waals surface area contributed by atoms with Crippen molar-refractivity contribution in [1.29, 1.82) is 0 Å². The van der Waals surface area contributed by atoms with Gasteiger partial charge in [-0.3, -0.25) is 0 Å². The van der Waals surface area contributed by atoms with Gasteiger partial charge in [0, 0.05) is 12.6 Å². The number of fused-ring (bicyclic) bond motifs is 1. The van der Waals surface area contributed by atoms with Crippen LogP contribution in [0.5, 0.6) is 5.88 Å². The zero-order chi connectivity index (χ0) is 13.0. The quantitative estimate of drug-likeness (QED) is 0.595. The molecule has 98 valence electrons. The molecule has 0 spiro atoms. The number of ether oxygens (including phenoxy) is 1. The van der Waals surface area contributed by atoms with Gasteiger partial charge >= 0.3 is 0 Å². The van der Waals surface area contributed by atoms with Crippen LogP contribution in [0.2, 0.25) is 0 Å². The van der Waals surface area contributed by atoms with Gasteiger partial charge in [0.05, 0.1) is 13.0 Å². The van der Waals surface area contributed by atoms with Crippen molar-refractivity contribution in [2.45, 2.75) is 38.6 Å². The van der Waals surface area contributed by atoms with Crippen LogP contribution >= 0.6 is 11.6 Å². The van der Waals surface area contributed by atoms with Crippen LogP contribution in [0.4, 0.5) is 0 Å². The number of rotatable bonds is 6. The van der Waals surface area contributed by atoms with Gasteiger partial charge in [0.2, 0.25) is 5.88 Å². The molecule has 0 unspecified atom stereocenters. The van der Waals surface area contributed by atoms with Crippen molar-refractivity contribution in [2.75, 3.05) is 7.11 Å². The highest BCUT2D eigenvalue weighted by atomic mass is 35.5. The van der Waals surface area contributed by atoms with Crippen LogP contribution in [0.25, 0.3) is 11.2 Å². The van der Waals surface area contributed by atoms with E-state index in [1.165, 1.54) is 12.8 Å². The van der Waals surface area contributed by atoms with E-state index in [9.17, 15) is 0 Å². The number of hydrogen-bond donors (Lipinski definition) is 0. The van der Waals surface area contributed by atoms with E-state index in [1.807, 2.05) is 12.1 Å². The summed E-state index contributed by atoms with van der Waals surface area (Å²) in [6, 6.07) is 3.75. The van der Waals surface area contributed by atoms with E-state index in [2.05, 4.69) is 21.5 Å². The van der Waals surface area contributed by atoms with Crippen LogP contribution in [-0.4, -0.2) is 21.6 Å². The average molecular weight is 268 g/mol. The molecule has 4 nitrogen and oxygen atoms in total. The number of aryl methyl sites for hydroxylation is 1. The van der Waals surface area contributed by atoms with Gasteiger partial charge in [-0.15, -0.1) is 11.6 Å². The summed E-state index contributed by atoms with van der Waals surface area (Å²) in [6.45, 7) is 3.10. The molecule has 0 N–H and O–H groups in total. The second-order valence-corrected chi connectivity index (χ2v) is 4.48. The van der Waals surface area contributed by atoms with E-state index in [-0.39, 0.29) is 0 Å². The van der Waals surface area contributed by atoms with Crippen molar-refractivity contribution in [1.82, 2.24) is 14.5 Å². The van der Waals surface area contributed by atoms with E-state index in [1.54, 1.807) is 7.11 Å².